The number of hydrogen-bond acceptors (Lipinski definition) is 10. The van der Waals surface area contributed by atoms with Gasteiger partial charge in [0.25, 0.3) is 11.4 Å². The summed E-state index contributed by atoms with van der Waals surface area (Å²) >= 11 is 6.30. The Morgan fingerprint density at radius 2 is 1.29 bits per heavy atom. The molecule has 1 heterocycles. The highest BCUT2D eigenvalue weighted by Gasteiger charge is 2.23. The summed E-state index contributed by atoms with van der Waals surface area (Å²) in [6.07, 6.45) is 0. The van der Waals surface area contributed by atoms with Crippen molar-refractivity contribution in [1.29, 1.82) is 0 Å². The molecule has 0 saturated heterocycles. The summed E-state index contributed by atoms with van der Waals surface area (Å²) in [5.74, 6) is -1.77. The zero-order chi connectivity index (χ0) is 36.7. The fraction of sp³-hybridized carbons (Fsp3) is 0.0270. The van der Waals surface area contributed by atoms with Crippen LogP contribution in [-0.4, -0.2) is 44.0 Å². The fourth-order valence-corrected chi connectivity index (χ4v) is 6.12. The van der Waals surface area contributed by atoms with E-state index in [0.29, 0.717) is 32.8 Å². The van der Waals surface area contributed by atoms with Crippen LogP contribution in [0, 0.1) is 20.2 Å². The first-order chi connectivity index (χ1) is 24.5. The van der Waals surface area contributed by atoms with Gasteiger partial charge in [-0.3, -0.25) is 20.2 Å². The number of para-hydroxylation sites is 2. The van der Waals surface area contributed by atoms with Crippen LogP contribution in [0.3, 0.4) is 0 Å². The summed E-state index contributed by atoms with van der Waals surface area (Å²) in [6, 6.07) is 31.5. The zero-order valence-electron chi connectivity index (χ0n) is 26.6. The number of nitrogens with two attached hydrogens (primary N) is 1. The summed E-state index contributed by atoms with van der Waals surface area (Å²) in [6.45, 7) is 0. The standard InChI is InChI=1S/C22H14N2O4S.C15H12N2O4S/c25-22(26)18-12-15(21-23-19(13-29-21)14-6-2-1-3-7-14)10-11-16(18)17-8-4-5-9-20(17)24(27)28;1-21-15(18)12-8-9(14(16)22)6-7-10(12)11-4-2-3-5-13(11)17(19)20/h1-13H,(H,25,26);2-8H,1H3,(H2,16,22). The molecule has 0 aliphatic heterocycles. The molecule has 0 aliphatic carbocycles. The second-order valence-corrected chi connectivity index (χ2v) is 11.9. The number of carbonyl (C=O) groups is 2. The lowest BCUT2D eigenvalue weighted by Crippen LogP contribution is -2.12. The highest BCUT2D eigenvalue weighted by atomic mass is 32.1. The number of aromatic carboxylic acids is 1. The first kappa shape index (κ1) is 35.7. The lowest BCUT2D eigenvalue weighted by molar-refractivity contribution is -0.384. The molecule has 0 fully saturated rings. The van der Waals surface area contributed by atoms with Crippen LogP contribution in [0.2, 0.25) is 0 Å². The van der Waals surface area contributed by atoms with Crippen molar-refractivity contribution in [2.75, 3.05) is 7.11 Å². The van der Waals surface area contributed by atoms with Gasteiger partial charge in [0.2, 0.25) is 0 Å². The molecule has 12 nitrogen and oxygen atoms in total. The minimum atomic E-state index is -1.15. The number of aromatic nitrogens is 1. The Hall–Kier alpha value is -6.64. The normalized spacial score (nSPS) is 10.4. The molecular formula is C37H26N4O8S2. The van der Waals surface area contributed by atoms with Crippen molar-refractivity contribution in [2.45, 2.75) is 0 Å². The van der Waals surface area contributed by atoms with Crippen molar-refractivity contribution in [1.82, 2.24) is 4.98 Å². The van der Waals surface area contributed by atoms with Gasteiger partial charge in [0.15, 0.2) is 0 Å². The molecule has 0 radical (unpaired) electrons. The van der Waals surface area contributed by atoms with Gasteiger partial charge in [-0.25, -0.2) is 14.6 Å². The van der Waals surface area contributed by atoms with Crippen LogP contribution < -0.4 is 5.73 Å². The van der Waals surface area contributed by atoms with Gasteiger partial charge < -0.3 is 15.6 Å². The quantitative estimate of drug-likeness (QED) is 0.0632. The number of carbonyl (C=O) groups excluding carboxylic acids is 1. The third-order valence-electron chi connectivity index (χ3n) is 7.56. The van der Waals surface area contributed by atoms with E-state index in [4.69, 9.17) is 22.7 Å². The number of ether oxygens (including phenoxy) is 1. The van der Waals surface area contributed by atoms with E-state index in [1.807, 2.05) is 35.7 Å². The Morgan fingerprint density at radius 1 is 0.745 bits per heavy atom. The maximum absolute atomic E-state index is 12.0. The number of hydrogen-bond donors (Lipinski definition) is 2. The Bertz CT molecular complexity index is 2310. The molecule has 6 rings (SSSR count). The first-order valence-electron chi connectivity index (χ1n) is 14.9. The molecule has 51 heavy (non-hydrogen) atoms. The molecule has 0 aliphatic rings. The van der Waals surface area contributed by atoms with Gasteiger partial charge in [0.05, 0.1) is 44.9 Å². The van der Waals surface area contributed by atoms with Gasteiger partial charge in [0.1, 0.15) is 10.00 Å². The fourth-order valence-electron chi connectivity index (χ4n) is 5.17. The van der Waals surface area contributed by atoms with E-state index in [1.165, 1.54) is 42.7 Å². The Labute approximate surface area is 299 Å². The molecule has 0 atom stereocenters. The lowest BCUT2D eigenvalue weighted by Gasteiger charge is -2.10. The highest BCUT2D eigenvalue weighted by Crippen LogP contribution is 2.36. The maximum Gasteiger partial charge on any atom is 0.338 e. The molecule has 14 heteroatoms. The number of esters is 1. The van der Waals surface area contributed by atoms with Gasteiger partial charge in [-0.1, -0.05) is 91.1 Å². The van der Waals surface area contributed by atoms with Crippen LogP contribution in [0.1, 0.15) is 26.3 Å². The third-order valence-corrected chi connectivity index (χ3v) is 8.69. The zero-order valence-corrected chi connectivity index (χ0v) is 28.2. The SMILES string of the molecule is COC(=O)c1cc(C(N)=S)ccc1-c1ccccc1[N+](=O)[O-].O=C(O)c1cc(-c2nc(-c3ccccc3)cs2)ccc1-c1ccccc1[N+](=O)[O-]. The molecule has 5 aromatic carbocycles. The van der Waals surface area contributed by atoms with Crippen LogP contribution in [0.5, 0.6) is 0 Å². The van der Waals surface area contributed by atoms with Gasteiger partial charge >= 0.3 is 11.9 Å². The van der Waals surface area contributed by atoms with Gasteiger partial charge in [-0.2, -0.15) is 0 Å². The lowest BCUT2D eigenvalue weighted by atomic mass is 9.96. The molecule has 0 bridgehead atoms. The summed E-state index contributed by atoms with van der Waals surface area (Å²) in [5, 5.41) is 34.8. The molecule has 6 aromatic rings. The van der Waals surface area contributed by atoms with Crippen LogP contribution in [-0.2, 0) is 4.74 Å². The molecule has 0 unspecified atom stereocenters. The van der Waals surface area contributed by atoms with Crippen LogP contribution >= 0.6 is 23.6 Å². The van der Waals surface area contributed by atoms with E-state index in [-0.39, 0.29) is 33.1 Å². The van der Waals surface area contributed by atoms with E-state index in [9.17, 15) is 34.9 Å². The highest BCUT2D eigenvalue weighted by molar-refractivity contribution is 7.80. The molecule has 0 spiro atoms. The molecule has 0 saturated carbocycles. The molecule has 254 valence electrons. The van der Waals surface area contributed by atoms with Crippen LogP contribution in [0.15, 0.2) is 121 Å². The number of thiazole rings is 1. The van der Waals surface area contributed by atoms with E-state index >= 15 is 0 Å². The predicted octanol–water partition coefficient (Wildman–Crippen LogP) is 8.43. The van der Waals surface area contributed by atoms with Crippen molar-refractivity contribution in [3.63, 3.8) is 0 Å². The number of nitro benzene ring substituents is 2. The summed E-state index contributed by atoms with van der Waals surface area (Å²) in [7, 11) is 1.24. The molecule has 3 N–H and O–H groups in total. The Balaban J connectivity index is 0.000000206. The third kappa shape index (κ3) is 7.99. The van der Waals surface area contributed by atoms with E-state index in [0.717, 1.165) is 11.3 Å². The predicted molar refractivity (Wildman–Crippen MR) is 198 cm³/mol. The maximum atomic E-state index is 12.0. The number of nitrogens with zero attached hydrogens (tertiary/aromatic N) is 3. The van der Waals surface area contributed by atoms with Crippen molar-refractivity contribution in [3.05, 3.63) is 158 Å². The minimum Gasteiger partial charge on any atom is -0.478 e. The van der Waals surface area contributed by atoms with Gasteiger partial charge in [0, 0.05) is 45.3 Å². The Kier molecular flexibility index (Phi) is 11.0. The number of thiocarbonyl (C=S) groups is 1. The van der Waals surface area contributed by atoms with Gasteiger partial charge in [-0.05, 0) is 24.3 Å². The Morgan fingerprint density at radius 3 is 1.84 bits per heavy atom. The topological polar surface area (TPSA) is 189 Å². The van der Waals surface area contributed by atoms with Crippen molar-refractivity contribution >= 4 is 51.9 Å². The van der Waals surface area contributed by atoms with E-state index in [2.05, 4.69) is 4.98 Å². The number of nitro groups is 2. The minimum absolute atomic E-state index is 0.00624. The first-order valence-corrected chi connectivity index (χ1v) is 16.2. The van der Waals surface area contributed by atoms with Crippen molar-refractivity contribution in [3.8, 4) is 44.1 Å². The number of carboxylic acids is 1. The van der Waals surface area contributed by atoms with E-state index < -0.39 is 21.8 Å². The monoisotopic (exact) mass is 718 g/mol. The number of methoxy groups -OCH3 is 1. The summed E-state index contributed by atoms with van der Waals surface area (Å²) in [5.41, 5.74) is 9.69. The molecular weight excluding hydrogens is 693 g/mol. The largest absolute Gasteiger partial charge is 0.478 e. The summed E-state index contributed by atoms with van der Waals surface area (Å²) in [4.78, 5) is 50.1. The average Bonchev–Trinajstić information content (AvgIpc) is 3.65. The van der Waals surface area contributed by atoms with Crippen LogP contribution in [0.4, 0.5) is 11.4 Å². The molecule has 0 amide bonds. The smallest absolute Gasteiger partial charge is 0.338 e. The number of carboxylic acid groups (broad SMARTS) is 1. The second kappa shape index (κ2) is 15.7. The molecule has 1 aromatic heterocycles. The van der Waals surface area contributed by atoms with Crippen molar-refractivity contribution in [2.24, 2.45) is 5.73 Å². The number of benzene rings is 5. The van der Waals surface area contributed by atoms with Crippen molar-refractivity contribution < 1.29 is 29.3 Å². The van der Waals surface area contributed by atoms with E-state index in [1.54, 1.807) is 60.7 Å². The average molecular weight is 719 g/mol. The van der Waals surface area contributed by atoms with Crippen LogP contribution in [0.25, 0.3) is 44.1 Å². The van der Waals surface area contributed by atoms with Gasteiger partial charge in [-0.15, -0.1) is 11.3 Å². The number of rotatable bonds is 9. The summed E-state index contributed by atoms with van der Waals surface area (Å²) < 4.78 is 4.74. The second-order valence-electron chi connectivity index (χ2n) is 10.6.